The van der Waals surface area contributed by atoms with Crippen LogP contribution in [0.15, 0.2) is 35.3 Å². The van der Waals surface area contributed by atoms with Gasteiger partial charge in [-0.3, -0.25) is 0 Å². The van der Waals surface area contributed by atoms with Crippen LogP contribution in [0, 0.1) is 6.92 Å². The van der Waals surface area contributed by atoms with Crippen molar-refractivity contribution < 1.29 is 9.53 Å². The maximum absolute atomic E-state index is 13.0. The molecule has 146 valence electrons. The number of halogens is 2. The molecule has 0 fully saturated rings. The van der Waals surface area contributed by atoms with Gasteiger partial charge in [-0.2, -0.15) is 0 Å². The number of aromatic nitrogens is 5. The van der Waals surface area contributed by atoms with Gasteiger partial charge in [-0.1, -0.05) is 0 Å². The van der Waals surface area contributed by atoms with Gasteiger partial charge >= 0.3 is 185 Å². The fourth-order valence-corrected chi connectivity index (χ4v) is 5.04. The normalized spacial score (nSPS) is 10.9. The molecule has 1 N–H and O–H groups in total. The van der Waals surface area contributed by atoms with Crippen molar-refractivity contribution in [2.24, 2.45) is 0 Å². The maximum atomic E-state index is 13.0. The van der Waals surface area contributed by atoms with Gasteiger partial charge in [-0.15, -0.1) is 0 Å². The molecule has 0 aliphatic carbocycles. The Kier molecular flexibility index (Phi) is 5.60. The Balaban J connectivity index is 1.75. The third-order valence-corrected chi connectivity index (χ3v) is 6.32. The van der Waals surface area contributed by atoms with Crippen LogP contribution in [0.1, 0.15) is 16.1 Å². The summed E-state index contributed by atoms with van der Waals surface area (Å²) >= 11 is 9.12. The van der Waals surface area contributed by atoms with Crippen molar-refractivity contribution in [3.8, 4) is 16.9 Å². The summed E-state index contributed by atoms with van der Waals surface area (Å²) in [6.07, 6.45) is 4.62. The zero-order valence-electron chi connectivity index (χ0n) is 15.1. The number of hydrogen-bond acceptors (Lipinski definition) is 7. The van der Waals surface area contributed by atoms with Crippen molar-refractivity contribution in [2.45, 2.75) is 6.92 Å². The molecule has 11 heteroatoms. The van der Waals surface area contributed by atoms with E-state index in [1.54, 1.807) is 18.3 Å². The molecular weight excluding hydrogens is 527 g/mol. The van der Waals surface area contributed by atoms with E-state index in [4.69, 9.17) is 16.3 Å². The zero-order valence-corrected chi connectivity index (χ0v) is 19.2. The second-order valence-corrected chi connectivity index (χ2v) is 9.12. The van der Waals surface area contributed by atoms with Gasteiger partial charge in [0, 0.05) is 0 Å². The molecule has 4 aromatic rings. The van der Waals surface area contributed by atoms with Crippen LogP contribution in [0.3, 0.4) is 0 Å². The molecular formula is C18H12BrClN6O2Se. The number of nitrogens with one attached hydrogen (secondary N) is 1. The Morgan fingerprint density at radius 2 is 1.97 bits per heavy atom. The van der Waals surface area contributed by atoms with Gasteiger partial charge in [-0.05, 0) is 0 Å². The molecule has 4 aromatic heterocycles. The third-order valence-electron chi connectivity index (χ3n) is 3.94. The molecule has 0 aromatic carbocycles. The molecule has 0 saturated heterocycles. The van der Waals surface area contributed by atoms with Crippen molar-refractivity contribution in [1.29, 1.82) is 0 Å². The van der Waals surface area contributed by atoms with Crippen LogP contribution in [-0.4, -0.2) is 52.4 Å². The van der Waals surface area contributed by atoms with Crippen LogP contribution in [-0.2, 0) is 0 Å². The molecule has 4 heterocycles. The van der Waals surface area contributed by atoms with Crippen molar-refractivity contribution >= 4 is 62.7 Å². The first-order valence-corrected chi connectivity index (χ1v) is 11.1. The molecule has 0 spiro atoms. The Morgan fingerprint density at radius 3 is 2.76 bits per heavy atom. The molecule has 0 aliphatic heterocycles. The van der Waals surface area contributed by atoms with Gasteiger partial charge in [-0.25, -0.2) is 0 Å². The average molecular weight is 539 g/mol. The molecule has 29 heavy (non-hydrogen) atoms. The second kappa shape index (κ2) is 8.16. The monoisotopic (exact) mass is 538 g/mol. The van der Waals surface area contributed by atoms with Crippen LogP contribution in [0.5, 0.6) is 5.75 Å². The summed E-state index contributed by atoms with van der Waals surface area (Å²) in [5.41, 5.74) is 2.93. The van der Waals surface area contributed by atoms with E-state index < -0.39 is 0 Å². The summed E-state index contributed by atoms with van der Waals surface area (Å²) in [7, 11) is 1.54. The van der Waals surface area contributed by atoms with Crippen LogP contribution in [0.2, 0.25) is 5.15 Å². The molecule has 0 unspecified atom stereocenters. The van der Waals surface area contributed by atoms with Gasteiger partial charge in [0.05, 0.1) is 0 Å². The molecule has 4 rings (SSSR count). The van der Waals surface area contributed by atoms with Gasteiger partial charge in [0.25, 0.3) is 0 Å². The number of rotatable bonds is 4. The minimum atomic E-state index is -0.338. The van der Waals surface area contributed by atoms with Crippen LogP contribution in [0.4, 0.5) is 4.69 Å². The van der Waals surface area contributed by atoms with Crippen molar-refractivity contribution in [3.05, 3.63) is 51.7 Å². The van der Waals surface area contributed by atoms with Gasteiger partial charge in [0.1, 0.15) is 0 Å². The first kappa shape index (κ1) is 19.9. The van der Waals surface area contributed by atoms with E-state index >= 15 is 0 Å². The standard InChI is InChI=1S/C18H12BrClN6O2Se/c1-8-3-9(10-4-14(20)22-6-12(10)28-2)11(5-21-8)16(27)26-18-25-15-17(29-18)24-13(19)7-23-15/h3-7H,1-2H3,(H,23,25,26,27). The Hall–Kier alpha value is -2.39. The topological polar surface area (TPSA) is 103 Å². The molecule has 0 aliphatic rings. The number of amides is 1. The fraction of sp³-hybridized carbons (Fsp3) is 0.111. The number of hydrogen-bond donors (Lipinski definition) is 1. The number of nitrogens with zero attached hydrogens (tertiary/aromatic N) is 5. The number of fused-ring (bicyclic) bond motifs is 1. The van der Waals surface area contributed by atoms with E-state index in [1.807, 2.05) is 6.92 Å². The predicted molar refractivity (Wildman–Crippen MR) is 114 cm³/mol. The van der Waals surface area contributed by atoms with E-state index in [1.165, 1.54) is 19.5 Å². The number of anilines is 1. The van der Waals surface area contributed by atoms with Gasteiger partial charge < -0.3 is 0 Å². The number of ether oxygens (including phenoxy) is 1. The molecule has 8 nitrogen and oxygen atoms in total. The summed E-state index contributed by atoms with van der Waals surface area (Å²) < 4.78 is 7.32. The molecule has 0 atom stereocenters. The Bertz CT molecular complexity index is 1250. The van der Waals surface area contributed by atoms with E-state index in [-0.39, 0.29) is 20.4 Å². The predicted octanol–water partition coefficient (Wildman–Crippen LogP) is 3.52. The van der Waals surface area contributed by atoms with Crippen molar-refractivity contribution in [1.82, 2.24) is 24.9 Å². The number of pyridine rings is 2. The van der Waals surface area contributed by atoms with Crippen molar-refractivity contribution in [2.75, 3.05) is 12.4 Å². The number of methoxy groups -OCH3 is 1. The average Bonchev–Trinajstić information content (AvgIpc) is 3.09. The summed E-state index contributed by atoms with van der Waals surface area (Å²) in [6.45, 7) is 1.84. The first-order chi connectivity index (χ1) is 13.9. The number of carbonyl (C=O) groups is 1. The summed E-state index contributed by atoms with van der Waals surface area (Å²) in [4.78, 5) is 34.3. The van der Waals surface area contributed by atoms with Crippen molar-refractivity contribution in [3.63, 3.8) is 0 Å². The minimum absolute atomic E-state index is 0.252. The molecule has 0 saturated carbocycles. The van der Waals surface area contributed by atoms with E-state index in [9.17, 15) is 4.79 Å². The zero-order chi connectivity index (χ0) is 20.5. The van der Waals surface area contributed by atoms with Crippen LogP contribution in [0.25, 0.3) is 21.2 Å². The van der Waals surface area contributed by atoms with E-state index in [0.29, 0.717) is 42.5 Å². The SMILES string of the molecule is COc1cnc(Cl)cc1-c1cc(C)ncc1C(=O)Nc1nc2ncc(Br)nc2[se]1. The number of carbonyl (C=O) groups excluding carboxylic acids is 1. The second-order valence-electron chi connectivity index (χ2n) is 5.87. The van der Waals surface area contributed by atoms with E-state index in [0.717, 1.165) is 10.1 Å². The van der Waals surface area contributed by atoms with Crippen LogP contribution < -0.4 is 10.1 Å². The quantitative estimate of drug-likeness (QED) is 0.313. The molecule has 0 bridgehead atoms. The van der Waals surface area contributed by atoms with Gasteiger partial charge in [0.15, 0.2) is 0 Å². The third kappa shape index (κ3) is 4.16. The Labute approximate surface area is 184 Å². The van der Waals surface area contributed by atoms with E-state index in [2.05, 4.69) is 46.2 Å². The summed E-state index contributed by atoms with van der Waals surface area (Å²) in [6, 6.07) is 3.46. The first-order valence-electron chi connectivity index (χ1n) is 8.21. The number of aryl methyl sites for hydroxylation is 1. The summed E-state index contributed by atoms with van der Waals surface area (Å²) in [5, 5.41) is 3.15. The molecule has 0 radical (unpaired) electrons. The summed E-state index contributed by atoms with van der Waals surface area (Å²) in [5.74, 6) is 0.164. The molecule has 1 amide bonds. The van der Waals surface area contributed by atoms with Gasteiger partial charge in [0.2, 0.25) is 0 Å². The van der Waals surface area contributed by atoms with Crippen LogP contribution >= 0.6 is 27.5 Å². The fourth-order valence-electron chi connectivity index (χ4n) is 2.67. The Morgan fingerprint density at radius 1 is 1.14 bits per heavy atom.